The second kappa shape index (κ2) is 5.86. The van der Waals surface area contributed by atoms with E-state index in [1.54, 1.807) is 0 Å². The summed E-state index contributed by atoms with van der Waals surface area (Å²) in [6.45, 7) is 5.57. The van der Waals surface area contributed by atoms with E-state index in [4.69, 9.17) is 4.74 Å². The zero-order chi connectivity index (χ0) is 10.5. The molecule has 2 heteroatoms. The van der Waals surface area contributed by atoms with E-state index in [0.717, 1.165) is 25.0 Å². The molecule has 2 rings (SSSR count). The lowest BCUT2D eigenvalue weighted by atomic mass is 9.74. The Morgan fingerprint density at radius 1 is 1.20 bits per heavy atom. The lowest BCUT2D eigenvalue weighted by molar-refractivity contribution is -0.0786. The molecule has 1 N–H and O–H groups in total. The van der Waals surface area contributed by atoms with Crippen LogP contribution in [0.5, 0.6) is 0 Å². The fourth-order valence-corrected chi connectivity index (χ4v) is 2.84. The maximum atomic E-state index is 5.99. The summed E-state index contributed by atoms with van der Waals surface area (Å²) in [5, 5.41) is 3.56. The third kappa shape index (κ3) is 2.94. The van der Waals surface area contributed by atoms with Crippen molar-refractivity contribution in [2.75, 3.05) is 19.7 Å². The second-order valence-electron chi connectivity index (χ2n) is 5.13. The quantitative estimate of drug-likeness (QED) is 0.706. The summed E-state index contributed by atoms with van der Waals surface area (Å²) in [7, 11) is 0. The van der Waals surface area contributed by atoms with Gasteiger partial charge in [0.1, 0.15) is 0 Å². The maximum Gasteiger partial charge on any atom is 0.0643 e. The molecule has 1 saturated carbocycles. The van der Waals surface area contributed by atoms with Crippen LogP contribution in [0.25, 0.3) is 0 Å². The first-order valence-electron chi connectivity index (χ1n) is 6.74. The summed E-state index contributed by atoms with van der Waals surface area (Å²) in [4.78, 5) is 0. The average Bonchev–Trinajstić information content (AvgIpc) is 2.18. The van der Waals surface area contributed by atoms with Crippen molar-refractivity contribution in [1.82, 2.24) is 5.32 Å². The van der Waals surface area contributed by atoms with Crippen LogP contribution < -0.4 is 5.32 Å². The van der Waals surface area contributed by atoms with Crippen LogP contribution in [0.2, 0.25) is 0 Å². The van der Waals surface area contributed by atoms with Crippen molar-refractivity contribution in [3.63, 3.8) is 0 Å². The van der Waals surface area contributed by atoms with E-state index < -0.39 is 0 Å². The van der Waals surface area contributed by atoms with Crippen molar-refractivity contribution < 1.29 is 4.74 Å². The largest absolute Gasteiger partial charge is 0.378 e. The molecule has 0 aromatic carbocycles. The standard InChI is InChI=1S/C13H25NO/c1-2-8-14-10-12-7-4-9-15-13(12)11-5-3-6-11/h11-14H,2-10H2,1H3. The predicted molar refractivity (Wildman–Crippen MR) is 63.0 cm³/mol. The van der Waals surface area contributed by atoms with E-state index in [2.05, 4.69) is 12.2 Å². The molecule has 1 aliphatic carbocycles. The number of rotatable bonds is 5. The number of ether oxygens (including phenoxy) is 1. The smallest absolute Gasteiger partial charge is 0.0643 e. The molecule has 2 atom stereocenters. The highest BCUT2D eigenvalue weighted by molar-refractivity contribution is 4.86. The van der Waals surface area contributed by atoms with Gasteiger partial charge in [-0.15, -0.1) is 0 Å². The average molecular weight is 211 g/mol. The Kier molecular flexibility index (Phi) is 4.45. The zero-order valence-electron chi connectivity index (χ0n) is 10.0. The molecule has 1 heterocycles. The van der Waals surface area contributed by atoms with E-state index in [0.29, 0.717) is 6.10 Å². The highest BCUT2D eigenvalue weighted by Crippen LogP contribution is 2.37. The van der Waals surface area contributed by atoms with E-state index in [-0.39, 0.29) is 0 Å². The molecule has 0 bridgehead atoms. The van der Waals surface area contributed by atoms with Crippen LogP contribution in [0.3, 0.4) is 0 Å². The van der Waals surface area contributed by atoms with Crippen molar-refractivity contribution in [1.29, 1.82) is 0 Å². The lowest BCUT2D eigenvalue weighted by Gasteiger charge is -2.41. The Balaban J connectivity index is 1.76. The molecule has 0 aromatic heterocycles. The van der Waals surface area contributed by atoms with Gasteiger partial charge in [-0.05, 0) is 50.5 Å². The highest BCUT2D eigenvalue weighted by Gasteiger charge is 2.35. The summed E-state index contributed by atoms with van der Waals surface area (Å²) in [5.41, 5.74) is 0. The fraction of sp³-hybridized carbons (Fsp3) is 1.00. The van der Waals surface area contributed by atoms with Crippen molar-refractivity contribution in [2.45, 2.75) is 51.6 Å². The van der Waals surface area contributed by atoms with Crippen LogP contribution in [0.15, 0.2) is 0 Å². The van der Waals surface area contributed by atoms with Gasteiger partial charge >= 0.3 is 0 Å². The van der Waals surface area contributed by atoms with E-state index in [1.165, 1.54) is 45.1 Å². The van der Waals surface area contributed by atoms with Gasteiger partial charge in [-0.25, -0.2) is 0 Å². The molecule has 0 amide bonds. The predicted octanol–water partition coefficient (Wildman–Crippen LogP) is 2.58. The summed E-state index contributed by atoms with van der Waals surface area (Å²) in [6.07, 6.45) is 8.71. The minimum atomic E-state index is 0.580. The highest BCUT2D eigenvalue weighted by atomic mass is 16.5. The minimum Gasteiger partial charge on any atom is -0.378 e. The molecule has 15 heavy (non-hydrogen) atoms. The first-order valence-corrected chi connectivity index (χ1v) is 6.74. The molecule has 2 nitrogen and oxygen atoms in total. The lowest BCUT2D eigenvalue weighted by Crippen LogP contribution is -2.43. The molecule has 0 radical (unpaired) electrons. The van der Waals surface area contributed by atoms with Crippen LogP contribution in [0.1, 0.15) is 45.4 Å². The summed E-state index contributed by atoms with van der Waals surface area (Å²) < 4.78 is 5.99. The first-order chi connectivity index (χ1) is 7.42. The SMILES string of the molecule is CCCNCC1CCCOC1C1CCC1. The molecule has 1 aliphatic heterocycles. The van der Waals surface area contributed by atoms with Crippen LogP contribution >= 0.6 is 0 Å². The van der Waals surface area contributed by atoms with Crippen molar-refractivity contribution in [3.05, 3.63) is 0 Å². The van der Waals surface area contributed by atoms with Gasteiger partial charge in [0.15, 0.2) is 0 Å². The van der Waals surface area contributed by atoms with Gasteiger partial charge in [0.05, 0.1) is 6.10 Å². The minimum absolute atomic E-state index is 0.580. The van der Waals surface area contributed by atoms with Gasteiger partial charge in [-0.3, -0.25) is 0 Å². The van der Waals surface area contributed by atoms with Gasteiger partial charge in [0.25, 0.3) is 0 Å². The summed E-state index contributed by atoms with van der Waals surface area (Å²) >= 11 is 0. The Morgan fingerprint density at radius 2 is 2.07 bits per heavy atom. The molecule has 2 fully saturated rings. The Labute approximate surface area is 93.8 Å². The molecular formula is C13H25NO. The third-order valence-electron chi connectivity index (χ3n) is 3.94. The van der Waals surface area contributed by atoms with Gasteiger partial charge in [-0.1, -0.05) is 13.3 Å². The first kappa shape index (κ1) is 11.4. The number of hydrogen-bond acceptors (Lipinski definition) is 2. The molecule has 0 spiro atoms. The monoisotopic (exact) mass is 211 g/mol. The van der Waals surface area contributed by atoms with Crippen molar-refractivity contribution >= 4 is 0 Å². The van der Waals surface area contributed by atoms with Crippen molar-refractivity contribution in [2.24, 2.45) is 11.8 Å². The summed E-state index contributed by atoms with van der Waals surface area (Å²) in [6, 6.07) is 0. The van der Waals surface area contributed by atoms with E-state index >= 15 is 0 Å². The maximum absolute atomic E-state index is 5.99. The van der Waals surface area contributed by atoms with Gasteiger partial charge in [0.2, 0.25) is 0 Å². The molecule has 2 unspecified atom stereocenters. The Morgan fingerprint density at radius 3 is 2.73 bits per heavy atom. The summed E-state index contributed by atoms with van der Waals surface area (Å²) in [5.74, 6) is 1.68. The Hall–Kier alpha value is -0.0800. The van der Waals surface area contributed by atoms with E-state index in [1.807, 2.05) is 0 Å². The Bertz CT molecular complexity index is 179. The molecular weight excluding hydrogens is 186 g/mol. The molecule has 1 saturated heterocycles. The van der Waals surface area contributed by atoms with Gasteiger partial charge < -0.3 is 10.1 Å². The normalized spacial score (nSPS) is 32.6. The van der Waals surface area contributed by atoms with Crippen LogP contribution in [-0.4, -0.2) is 25.8 Å². The van der Waals surface area contributed by atoms with E-state index in [9.17, 15) is 0 Å². The number of nitrogens with one attached hydrogen (secondary N) is 1. The zero-order valence-corrected chi connectivity index (χ0v) is 10.0. The third-order valence-corrected chi connectivity index (χ3v) is 3.94. The molecule has 2 aliphatic rings. The number of hydrogen-bond donors (Lipinski definition) is 1. The molecule has 0 aromatic rings. The molecule has 88 valence electrons. The van der Waals surface area contributed by atoms with Crippen LogP contribution in [-0.2, 0) is 4.74 Å². The van der Waals surface area contributed by atoms with Crippen LogP contribution in [0, 0.1) is 11.8 Å². The fourth-order valence-electron chi connectivity index (χ4n) is 2.84. The van der Waals surface area contributed by atoms with Gasteiger partial charge in [-0.2, -0.15) is 0 Å². The van der Waals surface area contributed by atoms with Crippen LogP contribution in [0.4, 0.5) is 0 Å². The van der Waals surface area contributed by atoms with Gasteiger partial charge in [0, 0.05) is 13.2 Å². The topological polar surface area (TPSA) is 21.3 Å². The second-order valence-corrected chi connectivity index (χ2v) is 5.13. The van der Waals surface area contributed by atoms with Crippen molar-refractivity contribution in [3.8, 4) is 0 Å².